The van der Waals surface area contributed by atoms with Gasteiger partial charge in [-0.3, -0.25) is 14.6 Å². The van der Waals surface area contributed by atoms with Crippen LogP contribution in [-0.4, -0.2) is 46.9 Å². The first kappa shape index (κ1) is 17.8. The molecule has 3 N–H and O–H groups in total. The minimum Gasteiger partial charge on any atom is -0.496 e. The Morgan fingerprint density at radius 3 is 2.66 bits per heavy atom. The second kappa shape index (κ2) is 6.09. The number of hydrazine groups is 1. The van der Waals surface area contributed by atoms with Crippen molar-refractivity contribution in [1.29, 1.82) is 0 Å². The van der Waals surface area contributed by atoms with Crippen LogP contribution in [0, 0.1) is 0 Å². The van der Waals surface area contributed by atoms with E-state index in [0.717, 1.165) is 32.8 Å². The van der Waals surface area contributed by atoms with E-state index >= 15 is 0 Å². The summed E-state index contributed by atoms with van der Waals surface area (Å²) in [5.74, 6) is 6.07. The number of methoxy groups -OCH3 is 1. The molecule has 0 radical (unpaired) electrons. The average Bonchev–Trinajstić information content (AvgIpc) is 3.13. The molecule has 2 aliphatic heterocycles. The van der Waals surface area contributed by atoms with Crippen LogP contribution in [0.3, 0.4) is 0 Å². The molecule has 2 aliphatic rings. The van der Waals surface area contributed by atoms with Crippen molar-refractivity contribution in [3.8, 4) is 5.75 Å². The molecule has 0 spiro atoms. The topological polar surface area (TPSA) is 91.7 Å². The molecular weight excluding hydrogens is 368 g/mol. The zero-order valence-corrected chi connectivity index (χ0v) is 16.3. The van der Waals surface area contributed by atoms with Crippen LogP contribution in [0.2, 0.25) is 0 Å². The summed E-state index contributed by atoms with van der Waals surface area (Å²) in [6.45, 7) is 2.03. The summed E-state index contributed by atoms with van der Waals surface area (Å²) in [6.07, 6.45) is 0. The lowest BCUT2D eigenvalue weighted by Crippen LogP contribution is -2.68. The van der Waals surface area contributed by atoms with Gasteiger partial charge in [-0.2, -0.15) is 0 Å². The largest absolute Gasteiger partial charge is 0.496 e. The quantitative estimate of drug-likeness (QED) is 0.518. The summed E-state index contributed by atoms with van der Waals surface area (Å²) < 4.78 is 5.62. The number of amides is 2. The molecule has 1 fully saturated rings. The second-order valence-electron chi connectivity index (χ2n) is 7.76. The smallest absolute Gasteiger partial charge is 0.268 e. The molecule has 7 heteroatoms. The summed E-state index contributed by atoms with van der Waals surface area (Å²) in [4.78, 5) is 31.2. The number of para-hydroxylation sites is 2. The van der Waals surface area contributed by atoms with Crippen LogP contribution in [-0.2, 0) is 15.1 Å². The SMILES string of the molecule is COc1ccccc1[C@@H]1CN2C(=O)CN(N)C(=O)[C@@]2(C)c2[nH]c3ccccc3c21. The normalized spacial score (nSPS) is 23.9. The minimum atomic E-state index is -1.17. The molecule has 0 unspecified atom stereocenters. The number of nitrogens with one attached hydrogen (secondary N) is 1. The van der Waals surface area contributed by atoms with E-state index in [-0.39, 0.29) is 24.3 Å². The zero-order valence-electron chi connectivity index (χ0n) is 16.3. The van der Waals surface area contributed by atoms with Gasteiger partial charge in [0.15, 0.2) is 5.54 Å². The number of nitrogens with zero attached hydrogens (tertiary/aromatic N) is 2. The fraction of sp³-hybridized carbons (Fsp3) is 0.273. The number of H-pyrrole nitrogens is 1. The second-order valence-corrected chi connectivity index (χ2v) is 7.76. The number of aromatic amines is 1. The number of benzene rings is 2. The Kier molecular flexibility index (Phi) is 3.73. The number of hydrogen-bond donors (Lipinski definition) is 2. The third-order valence-corrected chi connectivity index (χ3v) is 6.28. The van der Waals surface area contributed by atoms with E-state index in [4.69, 9.17) is 10.6 Å². The highest BCUT2D eigenvalue weighted by atomic mass is 16.5. The van der Waals surface area contributed by atoms with Gasteiger partial charge in [-0.15, -0.1) is 0 Å². The molecule has 2 aromatic carbocycles. The number of carbonyl (C=O) groups excluding carboxylic acids is 2. The van der Waals surface area contributed by atoms with E-state index in [1.807, 2.05) is 48.5 Å². The molecule has 1 aromatic heterocycles. The Hall–Kier alpha value is -3.32. The van der Waals surface area contributed by atoms with Crippen molar-refractivity contribution in [1.82, 2.24) is 14.9 Å². The highest BCUT2D eigenvalue weighted by Gasteiger charge is 2.56. The first-order chi connectivity index (χ1) is 14.0. The maximum absolute atomic E-state index is 13.2. The van der Waals surface area contributed by atoms with E-state index in [1.165, 1.54) is 0 Å². The van der Waals surface area contributed by atoms with Gasteiger partial charge in [-0.25, -0.2) is 5.84 Å². The van der Waals surface area contributed by atoms with Crippen LogP contribution in [0.1, 0.15) is 29.7 Å². The Bertz CT molecular complexity index is 1150. The molecule has 3 heterocycles. The van der Waals surface area contributed by atoms with Crippen molar-refractivity contribution in [2.24, 2.45) is 5.84 Å². The molecule has 2 amide bonds. The van der Waals surface area contributed by atoms with Gasteiger partial charge in [-0.05, 0) is 24.6 Å². The van der Waals surface area contributed by atoms with Crippen molar-refractivity contribution in [3.63, 3.8) is 0 Å². The summed E-state index contributed by atoms with van der Waals surface area (Å²) in [5.41, 5.74) is 2.47. The number of piperazine rings is 1. The summed E-state index contributed by atoms with van der Waals surface area (Å²) in [7, 11) is 1.64. The van der Waals surface area contributed by atoms with Crippen molar-refractivity contribution >= 4 is 22.7 Å². The fourth-order valence-electron chi connectivity index (χ4n) is 4.87. The van der Waals surface area contributed by atoms with Crippen molar-refractivity contribution in [2.45, 2.75) is 18.4 Å². The Morgan fingerprint density at radius 2 is 1.86 bits per heavy atom. The highest BCUT2D eigenvalue weighted by molar-refractivity contribution is 6.01. The monoisotopic (exact) mass is 390 g/mol. The number of hydrogen-bond acceptors (Lipinski definition) is 4. The van der Waals surface area contributed by atoms with Crippen molar-refractivity contribution < 1.29 is 14.3 Å². The summed E-state index contributed by atoms with van der Waals surface area (Å²) in [6, 6.07) is 15.8. The fourth-order valence-corrected chi connectivity index (χ4v) is 4.87. The van der Waals surface area contributed by atoms with Gasteiger partial charge < -0.3 is 14.6 Å². The van der Waals surface area contributed by atoms with Gasteiger partial charge in [0.25, 0.3) is 5.91 Å². The average molecular weight is 390 g/mol. The van der Waals surface area contributed by atoms with E-state index in [0.29, 0.717) is 12.2 Å². The maximum Gasteiger partial charge on any atom is 0.268 e. The molecule has 5 rings (SSSR count). The molecule has 148 valence electrons. The van der Waals surface area contributed by atoms with E-state index in [1.54, 1.807) is 18.9 Å². The van der Waals surface area contributed by atoms with Gasteiger partial charge in [0.1, 0.15) is 12.3 Å². The number of aromatic nitrogens is 1. The predicted molar refractivity (Wildman–Crippen MR) is 108 cm³/mol. The van der Waals surface area contributed by atoms with Gasteiger partial charge in [-0.1, -0.05) is 36.4 Å². The lowest BCUT2D eigenvalue weighted by Gasteiger charge is -2.50. The first-order valence-corrected chi connectivity index (χ1v) is 9.58. The third-order valence-electron chi connectivity index (χ3n) is 6.28. The van der Waals surface area contributed by atoms with Gasteiger partial charge in [0.2, 0.25) is 5.91 Å². The van der Waals surface area contributed by atoms with E-state index in [2.05, 4.69) is 4.98 Å². The Labute approximate surface area is 168 Å². The van der Waals surface area contributed by atoms with Crippen LogP contribution >= 0.6 is 0 Å². The minimum absolute atomic E-state index is 0.122. The van der Waals surface area contributed by atoms with Crippen LogP contribution in [0.5, 0.6) is 5.75 Å². The van der Waals surface area contributed by atoms with E-state index < -0.39 is 5.54 Å². The number of rotatable bonds is 2. The lowest BCUT2D eigenvalue weighted by molar-refractivity contribution is -0.166. The third kappa shape index (κ3) is 2.28. The molecule has 0 bridgehead atoms. The van der Waals surface area contributed by atoms with E-state index in [9.17, 15) is 9.59 Å². The van der Waals surface area contributed by atoms with Crippen LogP contribution in [0.25, 0.3) is 10.9 Å². The molecule has 1 saturated heterocycles. The van der Waals surface area contributed by atoms with Gasteiger partial charge in [0, 0.05) is 28.9 Å². The lowest BCUT2D eigenvalue weighted by atomic mass is 9.76. The number of ether oxygens (including phenoxy) is 1. The van der Waals surface area contributed by atoms with Crippen LogP contribution in [0.15, 0.2) is 48.5 Å². The molecule has 29 heavy (non-hydrogen) atoms. The molecule has 7 nitrogen and oxygen atoms in total. The Morgan fingerprint density at radius 1 is 1.14 bits per heavy atom. The highest BCUT2D eigenvalue weighted by Crippen LogP contribution is 2.49. The first-order valence-electron chi connectivity index (χ1n) is 9.58. The Balaban J connectivity index is 1.83. The molecule has 0 saturated carbocycles. The number of fused-ring (bicyclic) bond motifs is 5. The summed E-state index contributed by atoms with van der Waals surface area (Å²) >= 11 is 0. The molecular formula is C22H22N4O3. The summed E-state index contributed by atoms with van der Waals surface area (Å²) in [5, 5.41) is 2.06. The standard InChI is InChI=1S/C22H22N4O3/c1-22-20-19(14-8-3-5-9-16(14)24-20)15(13-7-4-6-10-17(13)29-2)11-25(22)18(27)12-26(23)21(22)28/h3-10,15,24H,11-12,23H2,1-2H3/t15-,22+/m0/s1. The number of nitrogens with two attached hydrogens (primary N) is 1. The van der Waals surface area contributed by atoms with Gasteiger partial charge >= 0.3 is 0 Å². The number of carbonyl (C=O) groups is 2. The predicted octanol–water partition coefficient (Wildman–Crippen LogP) is 2.08. The molecule has 2 atom stereocenters. The zero-order chi connectivity index (χ0) is 20.3. The van der Waals surface area contributed by atoms with Gasteiger partial charge in [0.05, 0.1) is 12.8 Å². The van der Waals surface area contributed by atoms with Crippen molar-refractivity contribution in [2.75, 3.05) is 20.2 Å². The maximum atomic E-state index is 13.2. The van der Waals surface area contributed by atoms with Crippen molar-refractivity contribution in [3.05, 3.63) is 65.4 Å². The van der Waals surface area contributed by atoms with Crippen LogP contribution < -0.4 is 10.6 Å². The molecule has 0 aliphatic carbocycles. The van der Waals surface area contributed by atoms with Crippen LogP contribution in [0.4, 0.5) is 0 Å². The molecule has 3 aromatic rings.